The van der Waals surface area contributed by atoms with Gasteiger partial charge in [0.25, 0.3) is 5.91 Å². The Kier molecular flexibility index (Phi) is 5.60. The van der Waals surface area contributed by atoms with Gasteiger partial charge in [-0.3, -0.25) is 4.79 Å². The van der Waals surface area contributed by atoms with E-state index in [0.29, 0.717) is 18.4 Å². The Balaban J connectivity index is 1.94. The van der Waals surface area contributed by atoms with E-state index in [4.69, 9.17) is 0 Å². The molecule has 0 aromatic heterocycles. The average Bonchev–Trinajstić information content (AvgIpc) is 2.52. The van der Waals surface area contributed by atoms with Crippen molar-refractivity contribution in [2.75, 3.05) is 13.2 Å². The Morgan fingerprint density at radius 3 is 2.65 bits per heavy atom. The molecular weight excluding hydrogens is 250 g/mol. The SMILES string of the molecule is CCc1ccccc1C(=O)NCC1CCCCC1CO. The highest BCUT2D eigenvalue weighted by Crippen LogP contribution is 2.29. The van der Waals surface area contributed by atoms with Crippen LogP contribution in [0.3, 0.4) is 0 Å². The number of hydrogen-bond acceptors (Lipinski definition) is 2. The first kappa shape index (κ1) is 15.0. The van der Waals surface area contributed by atoms with Crippen molar-refractivity contribution >= 4 is 5.91 Å². The van der Waals surface area contributed by atoms with Gasteiger partial charge in [0, 0.05) is 18.7 Å². The van der Waals surface area contributed by atoms with Gasteiger partial charge >= 0.3 is 0 Å². The molecule has 1 aromatic carbocycles. The molecule has 2 unspecified atom stereocenters. The van der Waals surface area contributed by atoms with Gasteiger partial charge in [-0.25, -0.2) is 0 Å². The molecule has 1 amide bonds. The highest BCUT2D eigenvalue weighted by Gasteiger charge is 2.25. The molecule has 20 heavy (non-hydrogen) atoms. The molecule has 0 spiro atoms. The molecule has 0 bridgehead atoms. The smallest absolute Gasteiger partial charge is 0.251 e. The number of carbonyl (C=O) groups excluding carboxylic acids is 1. The Bertz CT molecular complexity index is 444. The summed E-state index contributed by atoms with van der Waals surface area (Å²) in [7, 11) is 0. The molecule has 0 heterocycles. The minimum absolute atomic E-state index is 0.0183. The highest BCUT2D eigenvalue weighted by atomic mass is 16.3. The van der Waals surface area contributed by atoms with Gasteiger partial charge in [-0.1, -0.05) is 38.0 Å². The fraction of sp³-hybridized carbons (Fsp3) is 0.588. The zero-order chi connectivity index (χ0) is 14.4. The van der Waals surface area contributed by atoms with Gasteiger partial charge in [0.05, 0.1) is 0 Å². The lowest BCUT2D eigenvalue weighted by molar-refractivity contribution is 0.0908. The van der Waals surface area contributed by atoms with Crippen molar-refractivity contribution in [3.63, 3.8) is 0 Å². The molecule has 2 N–H and O–H groups in total. The molecule has 2 atom stereocenters. The van der Waals surface area contributed by atoms with Gasteiger partial charge < -0.3 is 10.4 Å². The van der Waals surface area contributed by atoms with Gasteiger partial charge in [0.1, 0.15) is 0 Å². The zero-order valence-corrected chi connectivity index (χ0v) is 12.3. The van der Waals surface area contributed by atoms with E-state index < -0.39 is 0 Å². The number of rotatable bonds is 5. The van der Waals surface area contributed by atoms with Crippen LogP contribution in [0.5, 0.6) is 0 Å². The van der Waals surface area contributed by atoms with Crippen LogP contribution < -0.4 is 5.32 Å². The van der Waals surface area contributed by atoms with E-state index in [2.05, 4.69) is 12.2 Å². The zero-order valence-electron chi connectivity index (χ0n) is 12.3. The third kappa shape index (κ3) is 3.60. The first-order valence-electron chi connectivity index (χ1n) is 7.73. The van der Waals surface area contributed by atoms with Crippen molar-refractivity contribution < 1.29 is 9.90 Å². The van der Waals surface area contributed by atoms with Crippen LogP contribution in [0.25, 0.3) is 0 Å². The molecule has 1 fully saturated rings. The Labute approximate surface area is 121 Å². The number of aliphatic hydroxyl groups excluding tert-OH is 1. The second-order valence-corrected chi connectivity index (χ2v) is 5.71. The quantitative estimate of drug-likeness (QED) is 0.868. The van der Waals surface area contributed by atoms with Crippen LogP contribution in [-0.4, -0.2) is 24.2 Å². The summed E-state index contributed by atoms with van der Waals surface area (Å²) in [6, 6.07) is 7.77. The molecule has 0 aliphatic heterocycles. The molecule has 3 nitrogen and oxygen atoms in total. The van der Waals surface area contributed by atoms with Crippen molar-refractivity contribution in [3.05, 3.63) is 35.4 Å². The van der Waals surface area contributed by atoms with Crippen LogP contribution in [0.15, 0.2) is 24.3 Å². The molecule has 0 radical (unpaired) electrons. The molecule has 110 valence electrons. The number of benzene rings is 1. The van der Waals surface area contributed by atoms with Crippen molar-refractivity contribution in [1.29, 1.82) is 0 Å². The summed E-state index contributed by atoms with van der Waals surface area (Å²) in [5, 5.41) is 12.5. The van der Waals surface area contributed by atoms with E-state index in [1.807, 2.05) is 24.3 Å². The summed E-state index contributed by atoms with van der Waals surface area (Å²) in [5.74, 6) is 0.793. The first-order valence-corrected chi connectivity index (χ1v) is 7.73. The number of aryl methyl sites for hydroxylation is 1. The lowest BCUT2D eigenvalue weighted by Gasteiger charge is -2.30. The number of amides is 1. The molecule has 0 saturated heterocycles. The summed E-state index contributed by atoms with van der Waals surface area (Å²) in [5.41, 5.74) is 1.87. The van der Waals surface area contributed by atoms with E-state index >= 15 is 0 Å². The van der Waals surface area contributed by atoms with Gasteiger partial charge in [-0.2, -0.15) is 0 Å². The molecule has 1 aromatic rings. The standard InChI is InChI=1S/C17H25NO2/c1-2-13-7-5-6-10-16(13)17(20)18-11-14-8-3-4-9-15(14)12-19/h5-7,10,14-15,19H,2-4,8-9,11-12H2,1H3,(H,18,20). The van der Waals surface area contributed by atoms with Crippen molar-refractivity contribution in [3.8, 4) is 0 Å². The number of carbonyl (C=O) groups is 1. The predicted octanol–water partition coefficient (Wildman–Crippen LogP) is 2.78. The van der Waals surface area contributed by atoms with Gasteiger partial charge in [0.15, 0.2) is 0 Å². The summed E-state index contributed by atoms with van der Waals surface area (Å²) in [6.45, 7) is 2.99. The fourth-order valence-electron chi connectivity index (χ4n) is 3.16. The van der Waals surface area contributed by atoms with Crippen LogP contribution >= 0.6 is 0 Å². The summed E-state index contributed by atoms with van der Waals surface area (Å²) in [6.07, 6.45) is 5.48. The molecule has 1 aliphatic carbocycles. The molecule has 1 aliphatic rings. The minimum atomic E-state index is 0.0183. The molecular formula is C17H25NO2. The largest absolute Gasteiger partial charge is 0.396 e. The van der Waals surface area contributed by atoms with Crippen LogP contribution in [0.1, 0.15) is 48.5 Å². The number of aliphatic hydroxyl groups is 1. The van der Waals surface area contributed by atoms with E-state index in [-0.39, 0.29) is 12.5 Å². The third-order valence-corrected chi connectivity index (χ3v) is 4.47. The summed E-state index contributed by atoms with van der Waals surface area (Å²) < 4.78 is 0. The predicted molar refractivity (Wildman–Crippen MR) is 80.7 cm³/mol. The number of hydrogen-bond donors (Lipinski definition) is 2. The fourth-order valence-corrected chi connectivity index (χ4v) is 3.16. The lowest BCUT2D eigenvalue weighted by atomic mass is 9.79. The molecule has 3 heteroatoms. The van der Waals surface area contributed by atoms with Crippen LogP contribution in [0, 0.1) is 11.8 Å². The Morgan fingerprint density at radius 2 is 1.95 bits per heavy atom. The van der Waals surface area contributed by atoms with E-state index in [1.54, 1.807) is 0 Å². The van der Waals surface area contributed by atoms with Crippen LogP contribution in [0.4, 0.5) is 0 Å². The van der Waals surface area contributed by atoms with Crippen molar-refractivity contribution in [1.82, 2.24) is 5.32 Å². The number of nitrogens with one attached hydrogen (secondary N) is 1. The second-order valence-electron chi connectivity index (χ2n) is 5.71. The highest BCUT2D eigenvalue weighted by molar-refractivity contribution is 5.95. The second kappa shape index (κ2) is 7.44. The average molecular weight is 275 g/mol. The normalized spacial score (nSPS) is 22.5. The maximum atomic E-state index is 12.3. The third-order valence-electron chi connectivity index (χ3n) is 4.47. The van der Waals surface area contributed by atoms with E-state index in [9.17, 15) is 9.90 Å². The maximum Gasteiger partial charge on any atom is 0.251 e. The topological polar surface area (TPSA) is 49.3 Å². The molecule has 1 saturated carbocycles. The first-order chi connectivity index (χ1) is 9.76. The van der Waals surface area contributed by atoms with Gasteiger partial charge in [0.2, 0.25) is 0 Å². The Morgan fingerprint density at radius 1 is 1.25 bits per heavy atom. The van der Waals surface area contributed by atoms with Crippen LogP contribution in [0.2, 0.25) is 0 Å². The monoisotopic (exact) mass is 275 g/mol. The lowest BCUT2D eigenvalue weighted by Crippen LogP contribution is -2.35. The van der Waals surface area contributed by atoms with Crippen LogP contribution in [-0.2, 0) is 6.42 Å². The maximum absolute atomic E-state index is 12.3. The van der Waals surface area contributed by atoms with E-state index in [0.717, 1.165) is 30.4 Å². The molecule has 2 rings (SSSR count). The van der Waals surface area contributed by atoms with Gasteiger partial charge in [-0.15, -0.1) is 0 Å². The van der Waals surface area contributed by atoms with E-state index in [1.165, 1.54) is 12.8 Å². The van der Waals surface area contributed by atoms with Crippen molar-refractivity contribution in [2.24, 2.45) is 11.8 Å². The Hall–Kier alpha value is -1.35. The minimum Gasteiger partial charge on any atom is -0.396 e. The summed E-state index contributed by atoms with van der Waals surface area (Å²) >= 11 is 0. The van der Waals surface area contributed by atoms with Gasteiger partial charge in [-0.05, 0) is 42.7 Å². The summed E-state index contributed by atoms with van der Waals surface area (Å²) in [4.78, 5) is 12.3. The van der Waals surface area contributed by atoms with Crippen molar-refractivity contribution in [2.45, 2.75) is 39.0 Å².